The van der Waals surface area contributed by atoms with E-state index in [0.717, 1.165) is 6.42 Å². The Labute approximate surface area is 102 Å². The van der Waals surface area contributed by atoms with Crippen molar-refractivity contribution in [2.75, 3.05) is 0 Å². The summed E-state index contributed by atoms with van der Waals surface area (Å²) in [5, 5.41) is 5.41. The van der Waals surface area contributed by atoms with Crippen LogP contribution in [-0.4, -0.2) is 17.9 Å². The lowest BCUT2D eigenvalue weighted by Crippen LogP contribution is -2.44. The van der Waals surface area contributed by atoms with Crippen LogP contribution in [0.1, 0.15) is 32.6 Å². The molecule has 1 atom stereocenters. The zero-order chi connectivity index (χ0) is 12.1. The van der Waals surface area contributed by atoms with Crippen molar-refractivity contribution in [3.8, 4) is 0 Å². The molecule has 1 aromatic rings. The van der Waals surface area contributed by atoms with E-state index in [-0.39, 0.29) is 12.0 Å². The molecule has 0 aromatic carbocycles. The topological polar surface area (TPSA) is 29.1 Å². The lowest BCUT2D eigenvalue weighted by molar-refractivity contribution is -0.124. The van der Waals surface area contributed by atoms with Crippen LogP contribution in [0.5, 0.6) is 0 Å². The van der Waals surface area contributed by atoms with Crippen molar-refractivity contribution in [2.24, 2.45) is 5.92 Å². The van der Waals surface area contributed by atoms with Gasteiger partial charge in [0.1, 0.15) is 0 Å². The van der Waals surface area contributed by atoms with E-state index >= 15 is 0 Å². The number of rotatable bonds is 6. The Kier molecular flexibility index (Phi) is 5.16. The second kappa shape index (κ2) is 6.16. The molecule has 0 fully saturated rings. The summed E-state index contributed by atoms with van der Waals surface area (Å²) in [6, 6.07) is 4.42. The normalized spacial score (nSPS) is 13.4. The number of hydrogen-bond acceptors (Lipinski definition) is 3. The lowest BCUT2D eigenvalue weighted by Gasteiger charge is -2.21. The van der Waals surface area contributed by atoms with Crippen LogP contribution in [0.15, 0.2) is 17.5 Å². The van der Waals surface area contributed by atoms with Gasteiger partial charge in [-0.15, -0.1) is 11.3 Å². The van der Waals surface area contributed by atoms with Gasteiger partial charge in [-0.05, 0) is 11.4 Å². The highest BCUT2D eigenvalue weighted by molar-refractivity contribution is 7.09. The summed E-state index contributed by atoms with van der Waals surface area (Å²) in [6.07, 6.45) is 0.812. The molecule has 1 rings (SSSR count). The number of thiophene rings is 1. The van der Waals surface area contributed by atoms with Crippen LogP contribution in [0.25, 0.3) is 0 Å². The average molecular weight is 239 g/mol. The Morgan fingerprint density at radius 1 is 1.38 bits per heavy atom. The molecule has 0 aliphatic heterocycles. The lowest BCUT2D eigenvalue weighted by atomic mass is 9.98. The fraction of sp³-hybridized carbons (Fsp3) is 0.615. The molecule has 1 aromatic heterocycles. The molecule has 0 aliphatic rings. The summed E-state index contributed by atoms with van der Waals surface area (Å²) >= 11 is 1.72. The molecule has 0 spiro atoms. The van der Waals surface area contributed by atoms with Crippen molar-refractivity contribution in [1.29, 1.82) is 0 Å². The third-order valence-corrected chi connectivity index (χ3v) is 3.33. The van der Waals surface area contributed by atoms with E-state index in [1.165, 1.54) is 4.88 Å². The average Bonchev–Trinajstić information content (AvgIpc) is 2.67. The van der Waals surface area contributed by atoms with Gasteiger partial charge in [0.05, 0.1) is 6.04 Å². The second-order valence-electron chi connectivity index (χ2n) is 4.71. The highest BCUT2D eigenvalue weighted by atomic mass is 32.1. The van der Waals surface area contributed by atoms with Gasteiger partial charge >= 0.3 is 0 Å². The van der Waals surface area contributed by atoms with E-state index in [9.17, 15) is 4.79 Å². The zero-order valence-corrected chi connectivity index (χ0v) is 11.3. The Hall–Kier alpha value is -0.670. The fourth-order valence-corrected chi connectivity index (χ4v) is 2.43. The first-order valence-electron chi connectivity index (χ1n) is 5.83. The maximum atomic E-state index is 12.0. The zero-order valence-electron chi connectivity index (χ0n) is 10.5. The minimum atomic E-state index is -0.0429. The molecule has 0 radical (unpaired) electrons. The van der Waals surface area contributed by atoms with Crippen molar-refractivity contribution in [1.82, 2.24) is 5.32 Å². The third kappa shape index (κ3) is 4.06. The first-order chi connectivity index (χ1) is 7.50. The van der Waals surface area contributed by atoms with Gasteiger partial charge in [-0.1, -0.05) is 33.8 Å². The van der Waals surface area contributed by atoms with Crippen LogP contribution in [0, 0.1) is 5.92 Å². The molecule has 0 unspecified atom stereocenters. The molecule has 0 saturated carbocycles. The van der Waals surface area contributed by atoms with Crippen LogP contribution in [0.2, 0.25) is 0 Å². The highest BCUT2D eigenvalue weighted by Crippen LogP contribution is 2.14. The quantitative estimate of drug-likeness (QED) is 0.827. The van der Waals surface area contributed by atoms with Crippen LogP contribution in [0.4, 0.5) is 0 Å². The van der Waals surface area contributed by atoms with Crippen molar-refractivity contribution >= 4 is 17.1 Å². The van der Waals surface area contributed by atoms with Crippen LogP contribution < -0.4 is 5.32 Å². The van der Waals surface area contributed by atoms with Gasteiger partial charge < -0.3 is 5.32 Å². The van der Waals surface area contributed by atoms with Crippen molar-refractivity contribution < 1.29 is 4.79 Å². The molecule has 0 aliphatic carbocycles. The van der Waals surface area contributed by atoms with Crippen molar-refractivity contribution in [3.05, 3.63) is 22.4 Å². The largest absolute Gasteiger partial charge is 0.305 e. The molecule has 2 nitrogen and oxygen atoms in total. The van der Waals surface area contributed by atoms with Crippen LogP contribution >= 0.6 is 11.3 Å². The summed E-state index contributed by atoms with van der Waals surface area (Å²) in [5.74, 6) is 0.401. The monoisotopic (exact) mass is 239 g/mol. The molecule has 90 valence electrons. The molecule has 0 saturated heterocycles. The predicted molar refractivity (Wildman–Crippen MR) is 69.9 cm³/mol. The van der Waals surface area contributed by atoms with E-state index in [1.807, 2.05) is 19.9 Å². The molecular weight excluding hydrogens is 218 g/mol. The van der Waals surface area contributed by atoms with E-state index in [0.29, 0.717) is 11.8 Å². The molecule has 16 heavy (non-hydrogen) atoms. The minimum Gasteiger partial charge on any atom is -0.305 e. The number of carbonyl (C=O) groups excluding carboxylic acids is 1. The van der Waals surface area contributed by atoms with Gasteiger partial charge in [-0.25, -0.2) is 0 Å². The highest BCUT2D eigenvalue weighted by Gasteiger charge is 2.22. The van der Waals surface area contributed by atoms with E-state index in [2.05, 4.69) is 30.6 Å². The Morgan fingerprint density at radius 2 is 2.06 bits per heavy atom. The Morgan fingerprint density at radius 3 is 2.50 bits per heavy atom. The molecule has 1 N–H and O–H groups in total. The molecular formula is C13H21NOS. The number of Topliss-reactive ketones (excluding diaryl/α,β-unsaturated/α-hetero) is 1. The molecule has 3 heteroatoms. The first-order valence-corrected chi connectivity index (χ1v) is 6.70. The van der Waals surface area contributed by atoms with E-state index < -0.39 is 0 Å². The van der Waals surface area contributed by atoms with E-state index in [1.54, 1.807) is 11.3 Å². The van der Waals surface area contributed by atoms with Gasteiger partial charge in [-0.2, -0.15) is 0 Å². The maximum Gasteiger partial charge on any atom is 0.152 e. The molecule has 0 amide bonds. The van der Waals surface area contributed by atoms with Gasteiger partial charge in [-0.3, -0.25) is 4.79 Å². The van der Waals surface area contributed by atoms with E-state index in [4.69, 9.17) is 0 Å². The van der Waals surface area contributed by atoms with Crippen molar-refractivity contribution in [2.45, 2.75) is 46.2 Å². The first kappa shape index (κ1) is 13.4. The van der Waals surface area contributed by atoms with Gasteiger partial charge in [0, 0.05) is 23.3 Å². The summed E-state index contributed by atoms with van der Waals surface area (Å²) in [4.78, 5) is 13.3. The summed E-state index contributed by atoms with van der Waals surface area (Å²) in [7, 11) is 0. The van der Waals surface area contributed by atoms with Gasteiger partial charge in [0.25, 0.3) is 0 Å². The smallest absolute Gasteiger partial charge is 0.152 e. The maximum absolute atomic E-state index is 12.0. The predicted octanol–water partition coefficient (Wildman–Crippen LogP) is 2.88. The SMILES string of the molecule is CC(C)N[C@@H](Cc1cccs1)C(=O)C(C)C. The van der Waals surface area contributed by atoms with Crippen molar-refractivity contribution in [3.63, 3.8) is 0 Å². The standard InChI is InChI=1S/C13H21NOS/c1-9(2)13(15)12(14-10(3)4)8-11-6-5-7-16-11/h5-7,9-10,12,14H,8H2,1-4H3/t12-/m0/s1. The van der Waals surface area contributed by atoms with Crippen LogP contribution in [0.3, 0.4) is 0 Å². The Bertz CT molecular complexity index is 317. The summed E-state index contributed by atoms with van der Waals surface area (Å²) in [5.41, 5.74) is 0. The molecule has 0 bridgehead atoms. The number of nitrogens with one attached hydrogen (secondary N) is 1. The molecule has 1 heterocycles. The summed E-state index contributed by atoms with van der Waals surface area (Å²) in [6.45, 7) is 8.08. The number of ketones is 1. The number of hydrogen-bond donors (Lipinski definition) is 1. The second-order valence-corrected chi connectivity index (χ2v) is 5.75. The van der Waals surface area contributed by atoms with Gasteiger partial charge in [0.15, 0.2) is 5.78 Å². The van der Waals surface area contributed by atoms with Crippen LogP contribution in [-0.2, 0) is 11.2 Å². The summed E-state index contributed by atoms with van der Waals surface area (Å²) < 4.78 is 0. The third-order valence-electron chi connectivity index (χ3n) is 2.43. The van der Waals surface area contributed by atoms with Gasteiger partial charge in [0.2, 0.25) is 0 Å². The fourth-order valence-electron chi connectivity index (χ4n) is 1.68. The Balaban J connectivity index is 2.67. The number of carbonyl (C=O) groups is 1. The minimum absolute atomic E-state index is 0.0429.